The van der Waals surface area contributed by atoms with Gasteiger partial charge >= 0.3 is 0 Å². The van der Waals surface area contributed by atoms with E-state index in [4.69, 9.17) is 21.1 Å². The molecule has 1 aliphatic rings. The van der Waals surface area contributed by atoms with E-state index in [0.717, 1.165) is 30.8 Å². The molecular formula is C27H29ClN2O3. The van der Waals surface area contributed by atoms with E-state index in [0.29, 0.717) is 16.3 Å². The second-order valence-electron chi connectivity index (χ2n) is 8.33. The van der Waals surface area contributed by atoms with Gasteiger partial charge in [0.25, 0.3) is 5.91 Å². The summed E-state index contributed by atoms with van der Waals surface area (Å²) in [5, 5.41) is 3.75. The highest BCUT2D eigenvalue weighted by Crippen LogP contribution is 2.40. The van der Waals surface area contributed by atoms with Gasteiger partial charge < -0.3 is 14.8 Å². The standard InChI is InChI=1S/C27H29ClN2O3/c1-18(29-27(31)21-10-7-11-22(28)14-21)26-23-16-25(33-3)24(32-2)15-20(23)12-13-30(26)17-19-8-5-4-6-9-19/h4-11,14-16,18,26H,12-13,17H2,1-3H3,(H,29,31)/t18-,26-/m0/s1. The summed E-state index contributed by atoms with van der Waals surface area (Å²) in [6, 6.07) is 21.4. The maximum absolute atomic E-state index is 13.0. The molecule has 3 aromatic rings. The Morgan fingerprint density at radius 2 is 1.79 bits per heavy atom. The molecule has 1 amide bonds. The smallest absolute Gasteiger partial charge is 0.251 e. The van der Waals surface area contributed by atoms with Gasteiger partial charge in [0.1, 0.15) is 0 Å². The molecule has 1 aliphatic heterocycles. The fourth-order valence-electron chi connectivity index (χ4n) is 4.61. The molecule has 0 fully saturated rings. The number of hydrogen-bond acceptors (Lipinski definition) is 4. The van der Waals surface area contributed by atoms with Crippen molar-refractivity contribution in [3.63, 3.8) is 0 Å². The molecule has 0 spiro atoms. The van der Waals surface area contributed by atoms with Gasteiger partial charge in [-0.2, -0.15) is 0 Å². The van der Waals surface area contributed by atoms with Gasteiger partial charge in [-0.3, -0.25) is 9.69 Å². The normalized spacial score (nSPS) is 16.5. The first-order valence-corrected chi connectivity index (χ1v) is 11.5. The Hall–Kier alpha value is -3.02. The summed E-state index contributed by atoms with van der Waals surface area (Å²) >= 11 is 6.10. The summed E-state index contributed by atoms with van der Waals surface area (Å²) in [6.07, 6.45) is 0.897. The van der Waals surface area contributed by atoms with E-state index in [2.05, 4.69) is 53.5 Å². The van der Waals surface area contributed by atoms with Crippen molar-refractivity contribution in [2.75, 3.05) is 20.8 Å². The molecule has 5 nitrogen and oxygen atoms in total. The summed E-state index contributed by atoms with van der Waals surface area (Å²) in [4.78, 5) is 15.4. The topological polar surface area (TPSA) is 50.8 Å². The first-order valence-electron chi connectivity index (χ1n) is 11.1. The Morgan fingerprint density at radius 3 is 2.48 bits per heavy atom. The Labute approximate surface area is 200 Å². The van der Waals surface area contributed by atoms with Crippen molar-refractivity contribution in [1.29, 1.82) is 0 Å². The molecule has 0 radical (unpaired) electrons. The van der Waals surface area contributed by atoms with E-state index in [1.54, 1.807) is 38.5 Å². The van der Waals surface area contributed by atoms with Gasteiger partial charge in [0, 0.05) is 29.7 Å². The number of nitrogens with one attached hydrogen (secondary N) is 1. The van der Waals surface area contributed by atoms with Crippen LogP contribution in [0.3, 0.4) is 0 Å². The summed E-state index contributed by atoms with van der Waals surface area (Å²) in [5.41, 5.74) is 4.15. The quantitative estimate of drug-likeness (QED) is 0.517. The summed E-state index contributed by atoms with van der Waals surface area (Å²) in [5.74, 6) is 1.27. The zero-order chi connectivity index (χ0) is 23.4. The van der Waals surface area contributed by atoms with E-state index in [1.165, 1.54) is 11.1 Å². The molecule has 6 heteroatoms. The summed E-state index contributed by atoms with van der Waals surface area (Å²) in [6.45, 7) is 3.72. The molecule has 0 unspecified atom stereocenters. The number of ether oxygens (including phenoxy) is 2. The van der Waals surface area contributed by atoms with Crippen molar-refractivity contribution in [3.05, 3.63) is 94.0 Å². The lowest BCUT2D eigenvalue weighted by atomic mass is 9.87. The summed E-state index contributed by atoms with van der Waals surface area (Å²) in [7, 11) is 3.30. The minimum atomic E-state index is -0.155. The first-order chi connectivity index (χ1) is 16.0. The van der Waals surface area contributed by atoms with Gasteiger partial charge in [-0.1, -0.05) is 48.0 Å². The molecule has 33 heavy (non-hydrogen) atoms. The molecule has 0 saturated heterocycles. The van der Waals surface area contributed by atoms with Crippen molar-refractivity contribution in [2.45, 2.75) is 32.0 Å². The number of nitrogens with zero attached hydrogens (tertiary/aromatic N) is 1. The SMILES string of the molecule is COc1cc2c(cc1OC)[C@H]([C@H](C)NC(=O)c1cccc(Cl)c1)N(Cc1ccccc1)CC2. The van der Waals surface area contributed by atoms with Gasteiger partial charge in [0.2, 0.25) is 0 Å². The molecule has 0 bridgehead atoms. The second kappa shape index (κ2) is 10.3. The second-order valence-corrected chi connectivity index (χ2v) is 8.77. The lowest BCUT2D eigenvalue weighted by molar-refractivity contribution is 0.0877. The number of benzene rings is 3. The van der Waals surface area contributed by atoms with Crippen molar-refractivity contribution in [3.8, 4) is 11.5 Å². The van der Waals surface area contributed by atoms with Crippen LogP contribution in [-0.2, 0) is 13.0 Å². The van der Waals surface area contributed by atoms with Gasteiger partial charge in [0.15, 0.2) is 11.5 Å². The van der Waals surface area contributed by atoms with Crippen molar-refractivity contribution in [2.24, 2.45) is 0 Å². The van der Waals surface area contributed by atoms with Crippen molar-refractivity contribution < 1.29 is 14.3 Å². The van der Waals surface area contributed by atoms with Gasteiger partial charge in [-0.25, -0.2) is 0 Å². The third-order valence-corrected chi connectivity index (χ3v) is 6.41. The number of carbonyl (C=O) groups excluding carboxylic acids is 1. The van der Waals surface area contributed by atoms with Crippen LogP contribution < -0.4 is 14.8 Å². The number of fused-ring (bicyclic) bond motifs is 1. The molecule has 172 valence electrons. The third kappa shape index (κ3) is 5.15. The van der Waals surface area contributed by atoms with Crippen LogP contribution in [0.25, 0.3) is 0 Å². The van der Waals surface area contributed by atoms with Crippen molar-refractivity contribution in [1.82, 2.24) is 10.2 Å². The molecule has 2 atom stereocenters. The Balaban J connectivity index is 1.68. The summed E-state index contributed by atoms with van der Waals surface area (Å²) < 4.78 is 11.1. The number of methoxy groups -OCH3 is 2. The highest BCUT2D eigenvalue weighted by atomic mass is 35.5. The van der Waals surface area contributed by atoms with Gasteiger partial charge in [-0.15, -0.1) is 0 Å². The van der Waals surface area contributed by atoms with E-state index < -0.39 is 0 Å². The van der Waals surface area contributed by atoms with Crippen molar-refractivity contribution >= 4 is 17.5 Å². The first kappa shape index (κ1) is 23.1. The number of hydrogen-bond donors (Lipinski definition) is 1. The maximum Gasteiger partial charge on any atom is 0.251 e. The van der Waals surface area contributed by atoms with Crippen LogP contribution in [-0.4, -0.2) is 37.6 Å². The molecular weight excluding hydrogens is 436 g/mol. The number of carbonyl (C=O) groups is 1. The zero-order valence-corrected chi connectivity index (χ0v) is 19.9. The lowest BCUT2D eigenvalue weighted by Gasteiger charge is -2.41. The zero-order valence-electron chi connectivity index (χ0n) is 19.2. The monoisotopic (exact) mass is 464 g/mol. The highest BCUT2D eigenvalue weighted by molar-refractivity contribution is 6.30. The molecule has 0 aromatic heterocycles. The third-order valence-electron chi connectivity index (χ3n) is 6.17. The fourth-order valence-corrected chi connectivity index (χ4v) is 4.80. The molecule has 0 aliphatic carbocycles. The number of amides is 1. The van der Waals surface area contributed by atoms with Crippen LogP contribution in [0.4, 0.5) is 0 Å². The van der Waals surface area contributed by atoms with Crippen LogP contribution >= 0.6 is 11.6 Å². The van der Waals surface area contributed by atoms with Crippen LogP contribution in [0.5, 0.6) is 11.5 Å². The van der Waals surface area contributed by atoms with Gasteiger partial charge in [0.05, 0.1) is 20.3 Å². The fraction of sp³-hybridized carbons (Fsp3) is 0.296. The Morgan fingerprint density at radius 1 is 1.06 bits per heavy atom. The van der Waals surface area contributed by atoms with Crippen LogP contribution in [0.1, 0.15) is 40.0 Å². The average molecular weight is 465 g/mol. The predicted molar refractivity (Wildman–Crippen MR) is 131 cm³/mol. The number of rotatable bonds is 7. The minimum absolute atomic E-state index is 0.0307. The predicted octanol–water partition coefficient (Wildman–Crippen LogP) is 5.28. The van der Waals surface area contributed by atoms with E-state index in [9.17, 15) is 4.79 Å². The van der Waals surface area contributed by atoms with E-state index in [1.807, 2.05) is 6.07 Å². The Kier molecular flexibility index (Phi) is 7.21. The largest absolute Gasteiger partial charge is 0.493 e. The van der Waals surface area contributed by atoms with Crippen LogP contribution in [0.2, 0.25) is 5.02 Å². The number of halogens is 1. The van der Waals surface area contributed by atoms with E-state index in [-0.39, 0.29) is 18.0 Å². The molecule has 3 aromatic carbocycles. The maximum atomic E-state index is 13.0. The molecule has 1 heterocycles. The minimum Gasteiger partial charge on any atom is -0.493 e. The highest BCUT2D eigenvalue weighted by Gasteiger charge is 2.34. The van der Waals surface area contributed by atoms with Crippen LogP contribution in [0.15, 0.2) is 66.7 Å². The molecule has 0 saturated carbocycles. The molecule has 1 N–H and O–H groups in total. The molecule has 4 rings (SSSR count). The lowest BCUT2D eigenvalue weighted by Crippen LogP contribution is -2.47. The van der Waals surface area contributed by atoms with Gasteiger partial charge in [-0.05, 0) is 60.4 Å². The Bertz CT molecular complexity index is 1120. The van der Waals surface area contributed by atoms with Crippen LogP contribution in [0, 0.1) is 0 Å². The average Bonchev–Trinajstić information content (AvgIpc) is 2.83. The van der Waals surface area contributed by atoms with E-state index >= 15 is 0 Å².